The number of carbonyl (C=O) groups excluding carboxylic acids is 1. The van der Waals surface area contributed by atoms with Gasteiger partial charge in [0.05, 0.1) is 23.5 Å². The van der Waals surface area contributed by atoms with Crippen LogP contribution in [0.1, 0.15) is 17.5 Å². The van der Waals surface area contributed by atoms with Crippen molar-refractivity contribution in [2.24, 2.45) is 4.99 Å². The number of nitrogens with zero attached hydrogens (tertiary/aromatic N) is 1. The van der Waals surface area contributed by atoms with E-state index in [0.29, 0.717) is 5.56 Å². The molecule has 2 aromatic rings. The van der Waals surface area contributed by atoms with Crippen molar-refractivity contribution in [3.63, 3.8) is 0 Å². The minimum atomic E-state index is -4.46. The summed E-state index contributed by atoms with van der Waals surface area (Å²) in [7, 11) is -3.63. The predicted molar refractivity (Wildman–Crippen MR) is 103 cm³/mol. The van der Waals surface area contributed by atoms with E-state index in [-0.39, 0.29) is 48.5 Å². The molecular formula is C19H18F3N3O4S. The minimum Gasteiger partial charge on any atom is -0.492 e. The normalized spacial score (nSPS) is 16.0. The summed E-state index contributed by atoms with van der Waals surface area (Å²) >= 11 is 0. The standard InChI is InChI=1S/C19H18F3N3O4S/c20-19(21,22)13-4-3-5-14(12-13)29-11-10-23-17(26)8-9-24-18-15-6-1-2-7-16(15)30(27,28)25-18/h1-7,12H,8-11H2,(H,23,26)(H,24,25). The molecule has 7 nitrogen and oxygen atoms in total. The second-order valence-electron chi connectivity index (χ2n) is 6.31. The number of ether oxygens (including phenoxy) is 1. The van der Waals surface area contributed by atoms with Crippen LogP contribution in [0, 0.1) is 0 Å². The molecule has 1 aliphatic heterocycles. The van der Waals surface area contributed by atoms with Gasteiger partial charge in [-0.3, -0.25) is 14.5 Å². The highest BCUT2D eigenvalue weighted by atomic mass is 32.2. The Morgan fingerprint density at radius 3 is 2.67 bits per heavy atom. The fourth-order valence-corrected chi connectivity index (χ4v) is 3.98. The molecule has 3 rings (SSSR count). The molecule has 2 aromatic carbocycles. The average Bonchev–Trinajstić information content (AvgIpc) is 2.95. The van der Waals surface area contributed by atoms with Crippen LogP contribution < -0.4 is 14.8 Å². The smallest absolute Gasteiger partial charge is 0.416 e. The summed E-state index contributed by atoms with van der Waals surface area (Å²) in [5.74, 6) is -0.106. The fourth-order valence-electron chi connectivity index (χ4n) is 2.73. The number of carbonyl (C=O) groups is 1. The highest BCUT2D eigenvalue weighted by Crippen LogP contribution is 2.31. The summed E-state index contributed by atoms with van der Waals surface area (Å²) in [6.07, 6.45) is -4.44. The zero-order valence-corrected chi connectivity index (χ0v) is 16.4. The number of rotatable bonds is 7. The van der Waals surface area contributed by atoms with E-state index in [1.54, 1.807) is 18.2 Å². The summed E-state index contributed by atoms with van der Waals surface area (Å²) in [5.41, 5.74) is -0.361. The predicted octanol–water partition coefficient (Wildman–Crippen LogP) is 2.33. The third-order valence-corrected chi connectivity index (χ3v) is 5.52. The van der Waals surface area contributed by atoms with E-state index in [4.69, 9.17) is 4.74 Å². The number of fused-ring (bicyclic) bond motifs is 1. The van der Waals surface area contributed by atoms with Crippen molar-refractivity contribution in [2.45, 2.75) is 17.5 Å². The van der Waals surface area contributed by atoms with Gasteiger partial charge >= 0.3 is 6.18 Å². The van der Waals surface area contributed by atoms with Crippen molar-refractivity contribution in [1.29, 1.82) is 0 Å². The number of sulfonamides is 1. The molecule has 1 heterocycles. The van der Waals surface area contributed by atoms with Crippen LogP contribution in [0.4, 0.5) is 13.2 Å². The second-order valence-corrected chi connectivity index (χ2v) is 7.96. The van der Waals surface area contributed by atoms with Gasteiger partial charge in [0, 0.05) is 12.0 Å². The molecule has 0 aromatic heterocycles. The quantitative estimate of drug-likeness (QED) is 0.645. The lowest BCUT2D eigenvalue weighted by atomic mass is 10.2. The first-order chi connectivity index (χ1) is 14.2. The molecule has 0 saturated carbocycles. The number of halogens is 3. The van der Waals surface area contributed by atoms with Gasteiger partial charge in [-0.25, -0.2) is 8.42 Å². The van der Waals surface area contributed by atoms with Crippen LogP contribution in [-0.4, -0.2) is 39.9 Å². The SMILES string of the molecule is O=C(CCN=C1NS(=O)(=O)c2ccccc21)NCCOc1cccc(C(F)(F)F)c1. The third kappa shape index (κ3) is 5.29. The lowest BCUT2D eigenvalue weighted by Crippen LogP contribution is -2.29. The number of hydrogen-bond acceptors (Lipinski definition) is 5. The number of aliphatic imine (C=N–C) groups is 1. The Morgan fingerprint density at radius 1 is 1.13 bits per heavy atom. The number of hydrogen-bond donors (Lipinski definition) is 2. The molecular weight excluding hydrogens is 423 g/mol. The largest absolute Gasteiger partial charge is 0.492 e. The number of nitrogens with one attached hydrogen (secondary N) is 2. The molecule has 0 fully saturated rings. The van der Waals surface area contributed by atoms with E-state index in [9.17, 15) is 26.4 Å². The summed E-state index contributed by atoms with van der Waals surface area (Å²) in [4.78, 5) is 16.1. The molecule has 11 heteroatoms. The van der Waals surface area contributed by atoms with E-state index < -0.39 is 21.8 Å². The van der Waals surface area contributed by atoms with Crippen LogP contribution in [-0.2, 0) is 21.0 Å². The first-order valence-electron chi connectivity index (χ1n) is 8.90. The van der Waals surface area contributed by atoms with E-state index in [0.717, 1.165) is 12.1 Å². The molecule has 160 valence electrons. The minimum absolute atomic E-state index is 0.00522. The zero-order valence-electron chi connectivity index (χ0n) is 15.6. The molecule has 0 radical (unpaired) electrons. The van der Waals surface area contributed by atoms with E-state index >= 15 is 0 Å². The Hall–Kier alpha value is -3.08. The van der Waals surface area contributed by atoms with E-state index in [2.05, 4.69) is 15.0 Å². The van der Waals surface area contributed by atoms with Crippen molar-refractivity contribution in [1.82, 2.24) is 10.0 Å². The summed E-state index contributed by atoms with van der Waals surface area (Å²) in [6, 6.07) is 10.9. The molecule has 0 atom stereocenters. The van der Waals surface area contributed by atoms with E-state index in [1.807, 2.05) is 0 Å². The van der Waals surface area contributed by atoms with Gasteiger partial charge in [0.15, 0.2) is 0 Å². The maximum atomic E-state index is 12.7. The fraction of sp³-hybridized carbons (Fsp3) is 0.263. The van der Waals surface area contributed by atoms with Crippen molar-refractivity contribution in [3.8, 4) is 5.75 Å². The highest BCUT2D eigenvalue weighted by molar-refractivity contribution is 7.90. The van der Waals surface area contributed by atoms with Gasteiger partial charge in [-0.15, -0.1) is 0 Å². The Kier molecular flexibility index (Phi) is 6.30. The van der Waals surface area contributed by atoms with Crippen LogP contribution in [0.3, 0.4) is 0 Å². The van der Waals surface area contributed by atoms with Crippen molar-refractivity contribution >= 4 is 21.8 Å². The molecule has 0 bridgehead atoms. The van der Waals surface area contributed by atoms with Crippen molar-refractivity contribution < 1.29 is 31.1 Å². The van der Waals surface area contributed by atoms with Gasteiger partial charge < -0.3 is 10.1 Å². The maximum absolute atomic E-state index is 12.7. The molecule has 0 saturated heterocycles. The molecule has 2 N–H and O–H groups in total. The first-order valence-corrected chi connectivity index (χ1v) is 10.4. The van der Waals surface area contributed by atoms with Gasteiger partial charge in [0.25, 0.3) is 10.0 Å². The van der Waals surface area contributed by atoms with Gasteiger partial charge in [0.1, 0.15) is 18.2 Å². The lowest BCUT2D eigenvalue weighted by molar-refractivity contribution is -0.137. The summed E-state index contributed by atoms with van der Waals surface area (Å²) < 4.78 is 69.5. The Bertz CT molecular complexity index is 1070. The lowest BCUT2D eigenvalue weighted by Gasteiger charge is -2.10. The molecule has 1 amide bonds. The maximum Gasteiger partial charge on any atom is 0.416 e. The molecule has 30 heavy (non-hydrogen) atoms. The Labute approximate surface area is 171 Å². The van der Waals surface area contributed by atoms with Crippen LogP contribution in [0.25, 0.3) is 0 Å². The molecule has 0 spiro atoms. The number of amidine groups is 1. The van der Waals surface area contributed by atoms with Crippen molar-refractivity contribution in [2.75, 3.05) is 19.7 Å². The molecule has 0 unspecified atom stereocenters. The molecule has 0 aliphatic carbocycles. The molecule has 1 aliphatic rings. The van der Waals surface area contributed by atoms with Gasteiger partial charge in [-0.1, -0.05) is 18.2 Å². The number of alkyl halides is 3. The zero-order chi connectivity index (χ0) is 21.8. The van der Waals surface area contributed by atoms with Gasteiger partial charge in [-0.05, 0) is 30.3 Å². The van der Waals surface area contributed by atoms with Crippen LogP contribution in [0.5, 0.6) is 5.75 Å². The number of benzene rings is 2. The summed E-state index contributed by atoms with van der Waals surface area (Å²) in [5, 5.41) is 2.56. The van der Waals surface area contributed by atoms with Crippen LogP contribution in [0.15, 0.2) is 58.4 Å². The van der Waals surface area contributed by atoms with E-state index in [1.165, 1.54) is 18.2 Å². The van der Waals surface area contributed by atoms with Crippen molar-refractivity contribution in [3.05, 3.63) is 59.7 Å². The topological polar surface area (TPSA) is 96.9 Å². The third-order valence-electron chi connectivity index (χ3n) is 4.13. The monoisotopic (exact) mass is 441 g/mol. The van der Waals surface area contributed by atoms with Crippen LogP contribution >= 0.6 is 0 Å². The number of amides is 1. The van der Waals surface area contributed by atoms with Gasteiger partial charge in [-0.2, -0.15) is 13.2 Å². The first kappa shape index (κ1) is 21.6. The summed E-state index contributed by atoms with van der Waals surface area (Å²) in [6.45, 7) is 0.155. The Balaban J connectivity index is 1.43. The second kappa shape index (κ2) is 8.74. The highest BCUT2D eigenvalue weighted by Gasteiger charge is 2.31. The average molecular weight is 441 g/mol. The van der Waals surface area contributed by atoms with Crippen LogP contribution in [0.2, 0.25) is 0 Å². The Morgan fingerprint density at radius 2 is 1.90 bits per heavy atom. The van der Waals surface area contributed by atoms with Gasteiger partial charge in [0.2, 0.25) is 5.91 Å².